The predicted molar refractivity (Wildman–Crippen MR) is 56.6 cm³/mol. The van der Waals surface area contributed by atoms with Crippen LogP contribution < -0.4 is 5.73 Å². The fourth-order valence-electron chi connectivity index (χ4n) is 0.966. The van der Waals surface area contributed by atoms with Gasteiger partial charge in [0.15, 0.2) is 0 Å². The highest BCUT2D eigenvalue weighted by Gasteiger charge is 2.04. The van der Waals surface area contributed by atoms with Gasteiger partial charge < -0.3 is 15.0 Å². The summed E-state index contributed by atoms with van der Waals surface area (Å²) in [6, 6.07) is 0. The number of ether oxygens (including phenoxy) is 1. The minimum absolute atomic E-state index is 0.804. The Balaban J connectivity index is 3.00. The van der Waals surface area contributed by atoms with Gasteiger partial charge in [-0.05, 0) is 25.8 Å². The third-order valence-electron chi connectivity index (χ3n) is 1.90. The van der Waals surface area contributed by atoms with E-state index in [1.807, 2.05) is 0 Å². The van der Waals surface area contributed by atoms with Crippen molar-refractivity contribution in [1.29, 1.82) is 0 Å². The maximum Gasteiger partial charge on any atom is 0.102 e. The maximum atomic E-state index is 5.50. The summed E-state index contributed by atoms with van der Waals surface area (Å²) in [4.78, 5) is 0. The van der Waals surface area contributed by atoms with Crippen LogP contribution in [-0.2, 0) is 4.74 Å². The number of unbranched alkanes of at least 4 members (excludes halogenated alkanes) is 2. The number of hydrogen-bond donors (Lipinski definition) is 1. The Morgan fingerprint density at radius 3 is 2.23 bits per heavy atom. The number of likely N-dealkylation sites (N-methyl/N-ethyl adjacent to an activating group) is 1. The third kappa shape index (κ3) is 11.9. The van der Waals surface area contributed by atoms with Crippen LogP contribution in [0.3, 0.4) is 0 Å². The number of hydrogen-bond acceptors (Lipinski definition) is 2. The summed E-state index contributed by atoms with van der Waals surface area (Å²) < 4.78 is 6.47. The Morgan fingerprint density at radius 2 is 1.69 bits per heavy atom. The third-order valence-corrected chi connectivity index (χ3v) is 1.90. The van der Waals surface area contributed by atoms with Crippen molar-refractivity contribution in [2.24, 2.45) is 5.73 Å². The van der Waals surface area contributed by atoms with Crippen LogP contribution >= 0.6 is 0 Å². The molecule has 2 N–H and O–H groups in total. The number of nitrogens with zero attached hydrogens (tertiary/aromatic N) is 1. The molecule has 0 aromatic rings. The molecule has 0 saturated carbocycles. The Bertz CT molecular complexity index is 110. The van der Waals surface area contributed by atoms with Crippen LogP contribution in [0.25, 0.3) is 0 Å². The lowest BCUT2D eigenvalue weighted by atomic mass is 10.2. The van der Waals surface area contributed by atoms with Crippen LogP contribution in [0.1, 0.15) is 19.3 Å². The molecule has 0 aliphatic rings. The lowest BCUT2D eigenvalue weighted by Crippen LogP contribution is -2.37. The van der Waals surface area contributed by atoms with Crippen molar-refractivity contribution in [1.82, 2.24) is 0 Å². The summed E-state index contributed by atoms with van der Waals surface area (Å²) in [7, 11) is 6.54. The van der Waals surface area contributed by atoms with Gasteiger partial charge in [0, 0.05) is 6.61 Å². The molecule has 0 aromatic carbocycles. The van der Waals surface area contributed by atoms with Crippen LogP contribution in [0.2, 0.25) is 0 Å². The summed E-state index contributed by atoms with van der Waals surface area (Å²) in [6.45, 7) is 3.64. The van der Waals surface area contributed by atoms with Gasteiger partial charge >= 0.3 is 0 Å². The van der Waals surface area contributed by atoms with E-state index in [0.29, 0.717) is 0 Å². The Hall–Kier alpha value is -0.120. The Kier molecular flexibility index (Phi) is 7.23. The average Bonchev–Trinajstić information content (AvgIpc) is 2.01. The lowest BCUT2D eigenvalue weighted by Gasteiger charge is -2.23. The lowest BCUT2D eigenvalue weighted by molar-refractivity contribution is -0.870. The fraction of sp³-hybridized carbons (Fsp3) is 1.00. The van der Waals surface area contributed by atoms with Gasteiger partial charge in [-0.3, -0.25) is 0 Å². The minimum Gasteiger partial charge on any atom is -0.376 e. The van der Waals surface area contributed by atoms with Gasteiger partial charge in [-0.2, -0.15) is 0 Å². The van der Waals surface area contributed by atoms with Gasteiger partial charge in [0.05, 0.1) is 27.7 Å². The van der Waals surface area contributed by atoms with Gasteiger partial charge in [-0.1, -0.05) is 0 Å². The van der Waals surface area contributed by atoms with Crippen LogP contribution in [0.4, 0.5) is 0 Å². The number of quaternary nitrogens is 1. The molecule has 0 spiro atoms. The van der Waals surface area contributed by atoms with Crippen molar-refractivity contribution in [2.75, 3.05) is 47.4 Å². The second-order valence-corrected chi connectivity index (χ2v) is 4.48. The molecule has 0 rings (SSSR count). The van der Waals surface area contributed by atoms with Gasteiger partial charge in [0.1, 0.15) is 6.54 Å². The highest BCUT2D eigenvalue weighted by atomic mass is 16.5. The molecule has 0 bridgehead atoms. The maximum absolute atomic E-state index is 5.50. The summed E-state index contributed by atoms with van der Waals surface area (Å²) >= 11 is 0. The van der Waals surface area contributed by atoms with Crippen molar-refractivity contribution in [3.05, 3.63) is 0 Å². The molecule has 0 radical (unpaired) electrons. The summed E-state index contributed by atoms with van der Waals surface area (Å²) in [5.41, 5.74) is 5.38. The monoisotopic (exact) mass is 189 g/mol. The molecular weight excluding hydrogens is 164 g/mol. The zero-order valence-electron chi connectivity index (χ0n) is 9.38. The summed E-state index contributed by atoms with van der Waals surface area (Å²) in [5, 5.41) is 0. The van der Waals surface area contributed by atoms with Gasteiger partial charge in [0.2, 0.25) is 0 Å². The molecule has 13 heavy (non-hydrogen) atoms. The van der Waals surface area contributed by atoms with Crippen molar-refractivity contribution in [3.63, 3.8) is 0 Å². The van der Waals surface area contributed by atoms with Crippen LogP contribution in [0.15, 0.2) is 0 Å². The van der Waals surface area contributed by atoms with Crippen molar-refractivity contribution in [2.45, 2.75) is 19.3 Å². The van der Waals surface area contributed by atoms with Gasteiger partial charge in [0.25, 0.3) is 0 Å². The van der Waals surface area contributed by atoms with E-state index in [0.717, 1.165) is 43.6 Å². The number of nitrogens with two attached hydrogens (primary N) is 1. The van der Waals surface area contributed by atoms with Crippen LogP contribution in [0, 0.1) is 0 Å². The van der Waals surface area contributed by atoms with E-state index < -0.39 is 0 Å². The van der Waals surface area contributed by atoms with E-state index in [1.165, 1.54) is 6.42 Å². The number of rotatable bonds is 8. The topological polar surface area (TPSA) is 35.2 Å². The zero-order chi connectivity index (χ0) is 10.2. The fourth-order valence-corrected chi connectivity index (χ4v) is 0.966. The molecule has 3 nitrogen and oxygen atoms in total. The smallest absolute Gasteiger partial charge is 0.102 e. The second-order valence-electron chi connectivity index (χ2n) is 4.48. The zero-order valence-corrected chi connectivity index (χ0v) is 9.38. The minimum atomic E-state index is 0.804. The Morgan fingerprint density at radius 1 is 1.00 bits per heavy atom. The van der Waals surface area contributed by atoms with Gasteiger partial charge in [-0.15, -0.1) is 0 Å². The summed E-state index contributed by atoms with van der Waals surface area (Å²) in [5.74, 6) is 0. The van der Waals surface area contributed by atoms with E-state index in [1.54, 1.807) is 0 Å². The quantitative estimate of drug-likeness (QED) is 0.453. The summed E-state index contributed by atoms with van der Waals surface area (Å²) in [6.07, 6.45) is 3.47. The molecule has 0 aliphatic carbocycles. The highest BCUT2D eigenvalue weighted by molar-refractivity contribution is 4.41. The standard InChI is InChI=1S/C10H25N2O/c1-12(2,3)8-10-13-9-6-4-5-7-11/h4-11H2,1-3H3/q+1. The van der Waals surface area contributed by atoms with E-state index in [-0.39, 0.29) is 0 Å². The largest absolute Gasteiger partial charge is 0.376 e. The molecule has 0 amide bonds. The van der Waals surface area contributed by atoms with Crippen molar-refractivity contribution < 1.29 is 9.22 Å². The average molecular weight is 189 g/mol. The van der Waals surface area contributed by atoms with Gasteiger partial charge in [-0.25, -0.2) is 0 Å². The second kappa shape index (κ2) is 7.30. The highest BCUT2D eigenvalue weighted by Crippen LogP contribution is 1.95. The molecule has 0 unspecified atom stereocenters. The van der Waals surface area contributed by atoms with E-state index in [4.69, 9.17) is 10.5 Å². The molecule has 0 aliphatic heterocycles. The Labute approximate surface area is 82.4 Å². The predicted octanol–water partition coefficient (Wildman–Crippen LogP) is 0.838. The first-order valence-corrected chi connectivity index (χ1v) is 5.14. The van der Waals surface area contributed by atoms with E-state index in [2.05, 4.69) is 21.1 Å². The molecule has 0 aromatic heterocycles. The first kappa shape index (κ1) is 12.9. The molecule has 3 heteroatoms. The van der Waals surface area contributed by atoms with Crippen molar-refractivity contribution in [3.8, 4) is 0 Å². The molecular formula is C10H25N2O+. The molecule has 0 atom stereocenters. The van der Waals surface area contributed by atoms with Crippen LogP contribution in [0.5, 0.6) is 0 Å². The molecule has 0 heterocycles. The normalized spacial score (nSPS) is 12.0. The molecule has 0 saturated heterocycles. The first-order chi connectivity index (χ1) is 6.06. The first-order valence-electron chi connectivity index (χ1n) is 5.14. The van der Waals surface area contributed by atoms with Crippen LogP contribution in [-0.4, -0.2) is 51.9 Å². The molecule has 0 fully saturated rings. The SMILES string of the molecule is C[N+](C)(C)CCOCCCCCN. The molecule has 80 valence electrons. The van der Waals surface area contributed by atoms with E-state index >= 15 is 0 Å². The van der Waals surface area contributed by atoms with E-state index in [9.17, 15) is 0 Å². The van der Waals surface area contributed by atoms with Crippen molar-refractivity contribution >= 4 is 0 Å².